The molecule has 142 valence electrons. The number of esters is 1. The Morgan fingerprint density at radius 1 is 1.22 bits per heavy atom. The zero-order chi connectivity index (χ0) is 19.6. The molecule has 0 bridgehead atoms. The lowest BCUT2D eigenvalue weighted by Crippen LogP contribution is -2.20. The summed E-state index contributed by atoms with van der Waals surface area (Å²) in [5.41, 5.74) is 2.44. The molecule has 2 atom stereocenters. The van der Waals surface area contributed by atoms with E-state index in [0.717, 1.165) is 16.9 Å². The van der Waals surface area contributed by atoms with Crippen LogP contribution in [0.1, 0.15) is 51.6 Å². The number of hydrogen-bond donors (Lipinski definition) is 1. The van der Waals surface area contributed by atoms with E-state index in [1.807, 2.05) is 31.2 Å². The minimum Gasteiger partial charge on any atom is -0.497 e. The number of carbonyl (C=O) groups is 2. The van der Waals surface area contributed by atoms with Crippen LogP contribution in [0, 0.1) is 0 Å². The summed E-state index contributed by atoms with van der Waals surface area (Å²) in [6.07, 6.45) is -0.201. The Bertz CT molecular complexity index is 877. The Morgan fingerprint density at radius 2 is 2.00 bits per heavy atom. The summed E-state index contributed by atoms with van der Waals surface area (Å²) in [4.78, 5) is 24.7. The Balaban J connectivity index is 2.16. The summed E-state index contributed by atoms with van der Waals surface area (Å²) in [6.45, 7) is 3.95. The molecule has 0 aromatic heterocycles. The molecule has 1 aliphatic rings. The highest BCUT2D eigenvalue weighted by molar-refractivity contribution is 6.01. The lowest BCUT2D eigenvalue weighted by molar-refractivity contribution is 0.0526. The minimum atomic E-state index is -0.464. The van der Waals surface area contributed by atoms with Gasteiger partial charge in [-0.15, -0.1) is 0 Å². The fraction of sp³-hybridized carbons (Fsp3) is 0.333. The van der Waals surface area contributed by atoms with Crippen LogP contribution in [0.3, 0.4) is 0 Å². The quantitative estimate of drug-likeness (QED) is 0.820. The van der Waals surface area contributed by atoms with Crippen molar-refractivity contribution in [2.24, 2.45) is 0 Å². The second-order valence-corrected chi connectivity index (χ2v) is 6.32. The summed E-state index contributed by atoms with van der Waals surface area (Å²) in [5.74, 6) is 0.335. The van der Waals surface area contributed by atoms with Crippen LogP contribution < -0.4 is 14.8 Å². The number of rotatable bonds is 5. The van der Waals surface area contributed by atoms with E-state index in [4.69, 9.17) is 14.2 Å². The SMILES string of the molecule is CCOC(=O)c1cc(C(=O)NC)c2c(c1)[C@H](c1cccc(OC)c1)[C@@H](C)O2. The van der Waals surface area contributed by atoms with Crippen LogP contribution in [0.2, 0.25) is 0 Å². The first-order valence-electron chi connectivity index (χ1n) is 8.87. The maximum absolute atomic E-state index is 12.4. The van der Waals surface area contributed by atoms with Crippen molar-refractivity contribution in [1.82, 2.24) is 5.32 Å². The normalized spacial score (nSPS) is 17.6. The van der Waals surface area contributed by atoms with Gasteiger partial charge in [-0.3, -0.25) is 4.79 Å². The molecule has 2 aromatic carbocycles. The molecule has 0 fully saturated rings. The number of nitrogens with one attached hydrogen (secondary N) is 1. The first-order chi connectivity index (χ1) is 13.0. The van der Waals surface area contributed by atoms with Gasteiger partial charge in [0.15, 0.2) is 0 Å². The molecule has 0 spiro atoms. The zero-order valence-corrected chi connectivity index (χ0v) is 15.9. The Labute approximate surface area is 158 Å². The summed E-state index contributed by atoms with van der Waals surface area (Å²) >= 11 is 0. The molecule has 0 radical (unpaired) electrons. The summed E-state index contributed by atoms with van der Waals surface area (Å²) in [6, 6.07) is 11.0. The summed E-state index contributed by atoms with van der Waals surface area (Å²) in [5, 5.41) is 2.61. The molecule has 0 saturated carbocycles. The highest BCUT2D eigenvalue weighted by Gasteiger charge is 2.36. The summed E-state index contributed by atoms with van der Waals surface area (Å²) in [7, 11) is 3.16. The van der Waals surface area contributed by atoms with Crippen molar-refractivity contribution in [3.63, 3.8) is 0 Å². The smallest absolute Gasteiger partial charge is 0.338 e. The average molecular weight is 369 g/mol. The standard InChI is InChI=1S/C21H23NO5/c1-5-26-21(24)14-10-16-18(13-7-6-8-15(9-13)25-4)12(2)27-19(16)17(11-14)20(23)22-3/h6-12,18H,5H2,1-4H3,(H,22,23)/t12-,18+/m1/s1. The van der Waals surface area contributed by atoms with Crippen LogP contribution in [0.25, 0.3) is 0 Å². The number of carbonyl (C=O) groups excluding carboxylic acids is 2. The Morgan fingerprint density at radius 3 is 2.67 bits per heavy atom. The fourth-order valence-corrected chi connectivity index (χ4v) is 3.44. The first kappa shape index (κ1) is 18.8. The molecule has 0 unspecified atom stereocenters. The molecule has 1 aliphatic heterocycles. The van der Waals surface area contributed by atoms with Crippen molar-refractivity contribution in [2.75, 3.05) is 20.8 Å². The van der Waals surface area contributed by atoms with Gasteiger partial charge in [0.05, 0.1) is 24.8 Å². The van der Waals surface area contributed by atoms with E-state index in [1.165, 1.54) is 6.07 Å². The number of fused-ring (bicyclic) bond motifs is 1. The second-order valence-electron chi connectivity index (χ2n) is 6.32. The van der Waals surface area contributed by atoms with E-state index in [9.17, 15) is 9.59 Å². The second kappa shape index (κ2) is 7.70. The molecular weight excluding hydrogens is 346 g/mol. The third-order valence-electron chi connectivity index (χ3n) is 4.66. The predicted octanol–water partition coefficient (Wildman–Crippen LogP) is 3.14. The third-order valence-corrected chi connectivity index (χ3v) is 4.66. The van der Waals surface area contributed by atoms with Crippen molar-refractivity contribution < 1.29 is 23.8 Å². The van der Waals surface area contributed by atoms with Crippen LogP contribution in [0.4, 0.5) is 0 Å². The van der Waals surface area contributed by atoms with Gasteiger partial charge in [-0.25, -0.2) is 4.79 Å². The molecule has 3 rings (SSSR count). The van der Waals surface area contributed by atoms with Crippen LogP contribution in [-0.4, -0.2) is 38.7 Å². The van der Waals surface area contributed by atoms with Gasteiger partial charge in [0.25, 0.3) is 5.91 Å². The lowest BCUT2D eigenvalue weighted by atomic mass is 9.87. The van der Waals surface area contributed by atoms with Crippen LogP contribution >= 0.6 is 0 Å². The molecule has 0 saturated heterocycles. The topological polar surface area (TPSA) is 73.9 Å². The van der Waals surface area contributed by atoms with Crippen molar-refractivity contribution in [1.29, 1.82) is 0 Å². The largest absolute Gasteiger partial charge is 0.497 e. The predicted molar refractivity (Wildman–Crippen MR) is 101 cm³/mol. The van der Waals surface area contributed by atoms with Gasteiger partial charge >= 0.3 is 5.97 Å². The monoisotopic (exact) mass is 369 g/mol. The van der Waals surface area contributed by atoms with Crippen molar-refractivity contribution >= 4 is 11.9 Å². The molecule has 0 aliphatic carbocycles. The molecule has 27 heavy (non-hydrogen) atoms. The average Bonchev–Trinajstić information content (AvgIpc) is 3.02. The van der Waals surface area contributed by atoms with Crippen LogP contribution in [-0.2, 0) is 4.74 Å². The number of methoxy groups -OCH3 is 1. The molecule has 1 heterocycles. The lowest BCUT2D eigenvalue weighted by Gasteiger charge is -2.16. The molecule has 1 N–H and O–H groups in total. The van der Waals surface area contributed by atoms with E-state index in [2.05, 4.69) is 5.32 Å². The van der Waals surface area contributed by atoms with Gasteiger partial charge < -0.3 is 19.5 Å². The van der Waals surface area contributed by atoms with Crippen molar-refractivity contribution in [2.45, 2.75) is 25.9 Å². The molecule has 6 heteroatoms. The van der Waals surface area contributed by atoms with Gasteiger partial charge in [0.1, 0.15) is 17.6 Å². The zero-order valence-electron chi connectivity index (χ0n) is 15.9. The van der Waals surface area contributed by atoms with E-state index < -0.39 is 5.97 Å². The van der Waals surface area contributed by atoms with Gasteiger partial charge in [-0.1, -0.05) is 12.1 Å². The number of ether oxygens (including phenoxy) is 3. The number of benzene rings is 2. The highest BCUT2D eigenvalue weighted by Crippen LogP contribution is 2.45. The summed E-state index contributed by atoms with van der Waals surface area (Å²) < 4.78 is 16.5. The maximum Gasteiger partial charge on any atom is 0.338 e. The van der Waals surface area contributed by atoms with E-state index >= 15 is 0 Å². The van der Waals surface area contributed by atoms with Crippen molar-refractivity contribution in [3.8, 4) is 11.5 Å². The molecule has 2 aromatic rings. The Hall–Kier alpha value is -3.02. The van der Waals surface area contributed by atoms with E-state index in [-0.39, 0.29) is 24.5 Å². The fourth-order valence-electron chi connectivity index (χ4n) is 3.44. The minimum absolute atomic E-state index is 0.132. The van der Waals surface area contributed by atoms with Crippen LogP contribution in [0.15, 0.2) is 36.4 Å². The first-order valence-corrected chi connectivity index (χ1v) is 8.87. The van der Waals surface area contributed by atoms with Gasteiger partial charge in [0, 0.05) is 18.5 Å². The molecular formula is C21H23NO5. The molecule has 1 amide bonds. The highest BCUT2D eigenvalue weighted by atomic mass is 16.5. The maximum atomic E-state index is 12.4. The molecule has 6 nitrogen and oxygen atoms in total. The van der Waals surface area contributed by atoms with Crippen LogP contribution in [0.5, 0.6) is 11.5 Å². The van der Waals surface area contributed by atoms with E-state index in [1.54, 1.807) is 27.1 Å². The van der Waals surface area contributed by atoms with Gasteiger partial charge in [0.2, 0.25) is 0 Å². The van der Waals surface area contributed by atoms with Gasteiger partial charge in [-0.05, 0) is 43.7 Å². The van der Waals surface area contributed by atoms with Gasteiger partial charge in [-0.2, -0.15) is 0 Å². The van der Waals surface area contributed by atoms with E-state index in [0.29, 0.717) is 16.9 Å². The van der Waals surface area contributed by atoms with Crippen molar-refractivity contribution in [3.05, 3.63) is 58.7 Å². The Kier molecular flexibility index (Phi) is 5.35. The number of amides is 1. The third kappa shape index (κ3) is 3.47. The number of hydrogen-bond acceptors (Lipinski definition) is 5.